The number of aryl methyl sites for hydroxylation is 1. The first-order chi connectivity index (χ1) is 9.84. The van der Waals surface area contributed by atoms with Crippen LogP contribution in [0.2, 0.25) is 0 Å². The molecule has 1 rings (SSSR count). The maximum Gasteiger partial charge on any atom is 0.0747 e. The number of benzene rings is 1. The van der Waals surface area contributed by atoms with E-state index in [9.17, 15) is 5.11 Å². The van der Waals surface area contributed by atoms with Crippen molar-refractivity contribution in [3.05, 3.63) is 48.0 Å². The minimum absolute atomic E-state index is 0.244. The van der Waals surface area contributed by atoms with Gasteiger partial charge in [0.25, 0.3) is 0 Å². The largest absolute Gasteiger partial charge is 0.389 e. The topological polar surface area (TPSA) is 20.2 Å². The molecule has 0 saturated carbocycles. The van der Waals surface area contributed by atoms with Gasteiger partial charge in [-0.2, -0.15) is 0 Å². The van der Waals surface area contributed by atoms with E-state index in [4.69, 9.17) is 0 Å². The van der Waals surface area contributed by atoms with Crippen molar-refractivity contribution < 1.29 is 5.11 Å². The van der Waals surface area contributed by atoms with Crippen LogP contribution in [-0.2, 0) is 6.42 Å². The molecule has 0 unspecified atom stereocenters. The van der Waals surface area contributed by atoms with Crippen molar-refractivity contribution in [2.45, 2.75) is 71.8 Å². The van der Waals surface area contributed by atoms with Gasteiger partial charge < -0.3 is 5.11 Å². The van der Waals surface area contributed by atoms with Crippen molar-refractivity contribution in [1.29, 1.82) is 0 Å². The second-order valence-electron chi connectivity index (χ2n) is 6.87. The Morgan fingerprint density at radius 3 is 2.24 bits per heavy atom. The second kappa shape index (κ2) is 7.79. The number of aliphatic hydroxyl groups is 1. The minimum atomic E-state index is -0.768. The van der Waals surface area contributed by atoms with E-state index < -0.39 is 5.60 Å². The van der Waals surface area contributed by atoms with Crippen LogP contribution in [0.15, 0.2) is 36.9 Å². The van der Waals surface area contributed by atoms with E-state index in [0.717, 1.165) is 12.8 Å². The molecule has 0 aliphatic heterocycles. The standard InChI is InChI=1S/C20H32O/c1-6-8-9-10-15-19(4,7-2)20(5,21)16-18-13-11-17(3)12-14-18/h7,11-14,21H,2,6,8-10,15-16H2,1,3-5H3/t19-,20-/m0/s1. The van der Waals surface area contributed by atoms with Crippen LogP contribution in [0.4, 0.5) is 0 Å². The Morgan fingerprint density at radius 2 is 1.71 bits per heavy atom. The summed E-state index contributed by atoms with van der Waals surface area (Å²) in [5, 5.41) is 11.0. The molecular formula is C20H32O. The normalized spacial score (nSPS) is 17.0. The van der Waals surface area contributed by atoms with E-state index in [1.807, 2.05) is 13.0 Å². The van der Waals surface area contributed by atoms with Crippen LogP contribution < -0.4 is 0 Å². The van der Waals surface area contributed by atoms with Gasteiger partial charge in [-0.1, -0.05) is 75.4 Å². The van der Waals surface area contributed by atoms with Crippen LogP contribution in [0.3, 0.4) is 0 Å². The Morgan fingerprint density at radius 1 is 1.10 bits per heavy atom. The number of hydrogen-bond donors (Lipinski definition) is 1. The summed E-state index contributed by atoms with van der Waals surface area (Å²) in [6.45, 7) is 12.4. The predicted octanol–water partition coefficient (Wildman–Crippen LogP) is 5.45. The molecule has 0 saturated heterocycles. The lowest BCUT2D eigenvalue weighted by Gasteiger charge is -2.41. The lowest BCUT2D eigenvalue weighted by Crippen LogP contribution is -2.44. The molecule has 0 aliphatic rings. The maximum atomic E-state index is 11.0. The fraction of sp³-hybridized carbons (Fsp3) is 0.600. The number of hydrogen-bond acceptors (Lipinski definition) is 1. The summed E-state index contributed by atoms with van der Waals surface area (Å²) in [7, 11) is 0. The van der Waals surface area contributed by atoms with Crippen molar-refractivity contribution in [2.75, 3.05) is 0 Å². The van der Waals surface area contributed by atoms with E-state index >= 15 is 0 Å². The average molecular weight is 288 g/mol. The Hall–Kier alpha value is -1.08. The first-order valence-electron chi connectivity index (χ1n) is 8.26. The molecule has 1 aromatic carbocycles. The summed E-state index contributed by atoms with van der Waals surface area (Å²) in [6.07, 6.45) is 8.52. The van der Waals surface area contributed by atoms with Crippen molar-refractivity contribution in [2.24, 2.45) is 5.41 Å². The third kappa shape index (κ3) is 5.00. The van der Waals surface area contributed by atoms with Gasteiger partial charge in [-0.05, 0) is 25.8 Å². The quantitative estimate of drug-likeness (QED) is 0.473. The van der Waals surface area contributed by atoms with Gasteiger partial charge in [0.05, 0.1) is 5.60 Å². The van der Waals surface area contributed by atoms with Gasteiger partial charge in [0.2, 0.25) is 0 Å². The van der Waals surface area contributed by atoms with Crippen molar-refractivity contribution in [3.8, 4) is 0 Å². The molecular weight excluding hydrogens is 256 g/mol. The van der Waals surface area contributed by atoms with Crippen LogP contribution in [0.1, 0.15) is 64.0 Å². The fourth-order valence-electron chi connectivity index (χ4n) is 2.82. The lowest BCUT2D eigenvalue weighted by atomic mass is 9.68. The Balaban J connectivity index is 2.75. The molecule has 1 aromatic rings. The highest BCUT2D eigenvalue weighted by Crippen LogP contribution is 2.40. The van der Waals surface area contributed by atoms with Crippen molar-refractivity contribution in [3.63, 3.8) is 0 Å². The van der Waals surface area contributed by atoms with E-state index in [2.05, 4.69) is 51.6 Å². The van der Waals surface area contributed by atoms with Gasteiger partial charge in [-0.15, -0.1) is 6.58 Å². The molecule has 0 spiro atoms. The molecule has 118 valence electrons. The van der Waals surface area contributed by atoms with Crippen LogP contribution in [0, 0.1) is 12.3 Å². The van der Waals surface area contributed by atoms with Crippen LogP contribution in [-0.4, -0.2) is 10.7 Å². The summed E-state index contributed by atoms with van der Waals surface area (Å²) in [6, 6.07) is 8.45. The summed E-state index contributed by atoms with van der Waals surface area (Å²) in [5.41, 5.74) is 1.43. The highest BCUT2D eigenvalue weighted by atomic mass is 16.3. The third-order valence-electron chi connectivity index (χ3n) is 4.90. The first kappa shape index (κ1) is 18.0. The van der Waals surface area contributed by atoms with Gasteiger partial charge in [0.1, 0.15) is 0 Å². The van der Waals surface area contributed by atoms with E-state index in [1.54, 1.807) is 0 Å². The van der Waals surface area contributed by atoms with Crippen molar-refractivity contribution in [1.82, 2.24) is 0 Å². The van der Waals surface area contributed by atoms with E-state index in [0.29, 0.717) is 6.42 Å². The van der Waals surface area contributed by atoms with E-state index in [1.165, 1.54) is 30.4 Å². The van der Waals surface area contributed by atoms with Crippen LogP contribution >= 0.6 is 0 Å². The number of unbranched alkanes of at least 4 members (excludes halogenated alkanes) is 3. The zero-order valence-corrected chi connectivity index (χ0v) is 14.3. The molecule has 0 aromatic heterocycles. The molecule has 0 amide bonds. The van der Waals surface area contributed by atoms with Crippen LogP contribution in [0.5, 0.6) is 0 Å². The first-order valence-corrected chi connectivity index (χ1v) is 8.26. The van der Waals surface area contributed by atoms with Gasteiger partial charge in [-0.3, -0.25) is 0 Å². The molecule has 0 fully saturated rings. The minimum Gasteiger partial charge on any atom is -0.389 e. The Labute approximate surface area is 131 Å². The van der Waals surface area contributed by atoms with E-state index in [-0.39, 0.29) is 5.41 Å². The molecule has 1 nitrogen and oxygen atoms in total. The zero-order chi connectivity index (χ0) is 15.9. The van der Waals surface area contributed by atoms with Gasteiger partial charge in [0.15, 0.2) is 0 Å². The molecule has 0 bridgehead atoms. The molecule has 2 atom stereocenters. The SMILES string of the molecule is C=C[C@@](C)(CCCCCC)[C@@](C)(O)Cc1ccc(C)cc1. The fourth-order valence-corrected chi connectivity index (χ4v) is 2.82. The molecule has 1 N–H and O–H groups in total. The van der Waals surface area contributed by atoms with Crippen LogP contribution in [0.25, 0.3) is 0 Å². The number of rotatable bonds is 9. The van der Waals surface area contributed by atoms with Gasteiger partial charge in [0, 0.05) is 11.8 Å². The summed E-state index contributed by atoms with van der Waals surface area (Å²) in [4.78, 5) is 0. The zero-order valence-electron chi connectivity index (χ0n) is 14.3. The predicted molar refractivity (Wildman–Crippen MR) is 92.6 cm³/mol. The van der Waals surface area contributed by atoms with Gasteiger partial charge in [-0.25, -0.2) is 0 Å². The molecule has 0 heterocycles. The molecule has 1 heteroatoms. The molecule has 0 aliphatic carbocycles. The van der Waals surface area contributed by atoms with Gasteiger partial charge >= 0.3 is 0 Å². The Kier molecular flexibility index (Phi) is 6.67. The lowest BCUT2D eigenvalue weighted by molar-refractivity contribution is -0.0392. The second-order valence-corrected chi connectivity index (χ2v) is 6.87. The average Bonchev–Trinajstić information content (AvgIpc) is 2.45. The monoisotopic (exact) mass is 288 g/mol. The smallest absolute Gasteiger partial charge is 0.0747 e. The van der Waals surface area contributed by atoms with Crippen molar-refractivity contribution >= 4 is 0 Å². The molecule has 0 radical (unpaired) electrons. The highest BCUT2D eigenvalue weighted by molar-refractivity contribution is 5.24. The summed E-state index contributed by atoms with van der Waals surface area (Å²) >= 11 is 0. The third-order valence-corrected chi connectivity index (χ3v) is 4.90. The molecule has 21 heavy (non-hydrogen) atoms. The highest BCUT2D eigenvalue weighted by Gasteiger charge is 2.40. The maximum absolute atomic E-state index is 11.0. The Bertz CT molecular complexity index is 430. The summed E-state index contributed by atoms with van der Waals surface area (Å²) in [5.74, 6) is 0. The summed E-state index contributed by atoms with van der Waals surface area (Å²) < 4.78 is 0.